The van der Waals surface area contributed by atoms with Crippen molar-refractivity contribution in [3.63, 3.8) is 0 Å². The summed E-state index contributed by atoms with van der Waals surface area (Å²) in [6.45, 7) is 2.31. The van der Waals surface area contributed by atoms with Gasteiger partial charge in [-0.2, -0.15) is 0 Å². The van der Waals surface area contributed by atoms with E-state index in [0.717, 1.165) is 18.0 Å². The third kappa shape index (κ3) is 2.20. The summed E-state index contributed by atoms with van der Waals surface area (Å²) in [6.07, 6.45) is 6.70. The van der Waals surface area contributed by atoms with Crippen molar-refractivity contribution in [3.05, 3.63) is 0 Å². The van der Waals surface area contributed by atoms with Crippen molar-refractivity contribution in [2.24, 2.45) is 11.7 Å². The Labute approximate surface area is 74.9 Å². The van der Waals surface area contributed by atoms with E-state index in [1.165, 1.54) is 32.1 Å². The predicted octanol–water partition coefficient (Wildman–Crippen LogP) is 1.25. The summed E-state index contributed by atoms with van der Waals surface area (Å²) in [5.74, 6) is 1.04. The van der Waals surface area contributed by atoms with Crippen LogP contribution in [-0.2, 0) is 0 Å². The zero-order chi connectivity index (χ0) is 8.55. The van der Waals surface area contributed by atoms with E-state index in [0.29, 0.717) is 6.04 Å². The van der Waals surface area contributed by atoms with E-state index in [-0.39, 0.29) is 0 Å². The molecule has 2 rings (SSSR count). The van der Waals surface area contributed by atoms with E-state index in [1.54, 1.807) is 0 Å². The van der Waals surface area contributed by atoms with Gasteiger partial charge in [-0.3, -0.25) is 0 Å². The summed E-state index contributed by atoms with van der Waals surface area (Å²) >= 11 is 0. The van der Waals surface area contributed by atoms with Crippen molar-refractivity contribution in [2.75, 3.05) is 0 Å². The largest absolute Gasteiger partial charge is 0.328 e. The molecule has 0 saturated heterocycles. The van der Waals surface area contributed by atoms with Gasteiger partial charge in [0.25, 0.3) is 0 Å². The molecule has 70 valence electrons. The fraction of sp³-hybridized carbons (Fsp3) is 1.00. The molecule has 2 aliphatic carbocycles. The number of hydrogen-bond acceptors (Lipinski definition) is 2. The predicted molar refractivity (Wildman–Crippen MR) is 50.9 cm³/mol. The maximum absolute atomic E-state index is 5.72. The first kappa shape index (κ1) is 8.52. The Kier molecular flexibility index (Phi) is 2.37. The van der Waals surface area contributed by atoms with Crippen LogP contribution in [0.3, 0.4) is 0 Å². The fourth-order valence-corrected chi connectivity index (χ4v) is 2.12. The lowest BCUT2D eigenvalue weighted by molar-refractivity contribution is 0.263. The van der Waals surface area contributed by atoms with E-state index in [9.17, 15) is 0 Å². The normalized spacial score (nSPS) is 37.5. The van der Waals surface area contributed by atoms with Crippen LogP contribution >= 0.6 is 0 Å². The van der Waals surface area contributed by atoms with Crippen LogP contribution in [0.1, 0.15) is 39.0 Å². The van der Waals surface area contributed by atoms with Crippen LogP contribution < -0.4 is 11.1 Å². The van der Waals surface area contributed by atoms with Crippen LogP contribution in [0.5, 0.6) is 0 Å². The maximum Gasteiger partial charge on any atom is 0.00990 e. The lowest BCUT2D eigenvalue weighted by Gasteiger charge is -2.35. The Bertz CT molecular complexity index is 148. The molecule has 0 radical (unpaired) electrons. The lowest BCUT2D eigenvalue weighted by Crippen LogP contribution is -2.51. The van der Waals surface area contributed by atoms with Gasteiger partial charge < -0.3 is 11.1 Å². The summed E-state index contributed by atoms with van der Waals surface area (Å²) in [4.78, 5) is 0. The van der Waals surface area contributed by atoms with Gasteiger partial charge in [0.2, 0.25) is 0 Å². The topological polar surface area (TPSA) is 38.0 Å². The quantitative estimate of drug-likeness (QED) is 0.663. The third-order valence-corrected chi connectivity index (χ3v) is 3.08. The molecule has 0 amide bonds. The molecular weight excluding hydrogens is 148 g/mol. The maximum atomic E-state index is 5.72. The van der Waals surface area contributed by atoms with Crippen LogP contribution in [0.25, 0.3) is 0 Å². The van der Waals surface area contributed by atoms with Crippen LogP contribution in [0.15, 0.2) is 0 Å². The first-order valence-electron chi connectivity index (χ1n) is 5.25. The van der Waals surface area contributed by atoms with Gasteiger partial charge in [0.05, 0.1) is 0 Å². The molecule has 0 aromatic carbocycles. The minimum absolute atomic E-state index is 0.482. The Balaban J connectivity index is 1.58. The first-order chi connectivity index (χ1) is 5.74. The van der Waals surface area contributed by atoms with Gasteiger partial charge in [0.15, 0.2) is 0 Å². The van der Waals surface area contributed by atoms with Crippen molar-refractivity contribution in [3.8, 4) is 0 Å². The van der Waals surface area contributed by atoms with Crippen molar-refractivity contribution < 1.29 is 0 Å². The molecule has 2 saturated carbocycles. The highest BCUT2D eigenvalue weighted by Crippen LogP contribution is 2.33. The molecule has 2 nitrogen and oxygen atoms in total. The van der Waals surface area contributed by atoms with Crippen LogP contribution in [0, 0.1) is 5.92 Å². The summed E-state index contributed by atoms with van der Waals surface area (Å²) in [5, 5.41) is 3.64. The molecule has 2 aliphatic rings. The van der Waals surface area contributed by atoms with Crippen LogP contribution in [0.2, 0.25) is 0 Å². The molecule has 1 unspecified atom stereocenters. The highest BCUT2D eigenvalue weighted by Gasteiger charge is 2.29. The molecule has 1 atom stereocenters. The summed E-state index contributed by atoms with van der Waals surface area (Å²) in [5.41, 5.74) is 5.72. The van der Waals surface area contributed by atoms with Gasteiger partial charge in [0.1, 0.15) is 0 Å². The lowest BCUT2D eigenvalue weighted by atomic mass is 9.87. The second-order valence-corrected chi connectivity index (χ2v) is 4.68. The Hall–Kier alpha value is -0.0800. The number of nitrogens with one attached hydrogen (secondary N) is 1. The molecule has 0 aromatic rings. The summed E-state index contributed by atoms with van der Waals surface area (Å²) in [6, 6.07) is 1.93. The molecule has 0 aliphatic heterocycles. The molecule has 2 heteroatoms. The molecule has 2 fully saturated rings. The highest BCUT2D eigenvalue weighted by atomic mass is 15.0. The second kappa shape index (κ2) is 3.35. The van der Waals surface area contributed by atoms with Gasteiger partial charge in [0, 0.05) is 18.1 Å². The first-order valence-corrected chi connectivity index (χ1v) is 5.25. The second-order valence-electron chi connectivity index (χ2n) is 4.68. The fourth-order valence-electron chi connectivity index (χ4n) is 2.12. The van der Waals surface area contributed by atoms with Crippen molar-refractivity contribution in [1.82, 2.24) is 5.32 Å². The summed E-state index contributed by atoms with van der Waals surface area (Å²) < 4.78 is 0. The molecule has 0 bridgehead atoms. The van der Waals surface area contributed by atoms with Gasteiger partial charge in [-0.05, 0) is 32.1 Å². The minimum Gasteiger partial charge on any atom is -0.328 e. The average molecular weight is 168 g/mol. The standard InChI is InChI=1S/C10H20N2/c1-7(4-8-2-3-8)12-10-5-9(11)6-10/h7-10,12H,2-6,11H2,1H3. The van der Waals surface area contributed by atoms with Crippen LogP contribution in [-0.4, -0.2) is 18.1 Å². The van der Waals surface area contributed by atoms with E-state index in [1.807, 2.05) is 0 Å². The molecular formula is C10H20N2. The minimum atomic E-state index is 0.482. The van der Waals surface area contributed by atoms with E-state index >= 15 is 0 Å². The van der Waals surface area contributed by atoms with Gasteiger partial charge in [-0.25, -0.2) is 0 Å². The zero-order valence-corrected chi connectivity index (χ0v) is 7.92. The highest BCUT2D eigenvalue weighted by molar-refractivity contribution is 4.90. The smallest absolute Gasteiger partial charge is 0.00990 e. The SMILES string of the molecule is CC(CC1CC1)NC1CC(N)C1. The monoisotopic (exact) mass is 168 g/mol. The molecule has 0 heterocycles. The Morgan fingerprint density at radius 1 is 1.42 bits per heavy atom. The van der Waals surface area contributed by atoms with E-state index in [2.05, 4.69) is 12.2 Å². The molecule has 0 aromatic heterocycles. The number of hydrogen-bond donors (Lipinski definition) is 2. The van der Waals surface area contributed by atoms with E-state index in [4.69, 9.17) is 5.73 Å². The van der Waals surface area contributed by atoms with Gasteiger partial charge in [-0.15, -0.1) is 0 Å². The number of rotatable bonds is 4. The van der Waals surface area contributed by atoms with E-state index < -0.39 is 0 Å². The number of nitrogens with two attached hydrogens (primary N) is 1. The van der Waals surface area contributed by atoms with Crippen LogP contribution in [0.4, 0.5) is 0 Å². The van der Waals surface area contributed by atoms with Gasteiger partial charge >= 0.3 is 0 Å². The molecule has 3 N–H and O–H groups in total. The van der Waals surface area contributed by atoms with Crippen molar-refractivity contribution in [1.29, 1.82) is 0 Å². The third-order valence-electron chi connectivity index (χ3n) is 3.08. The Morgan fingerprint density at radius 3 is 2.58 bits per heavy atom. The van der Waals surface area contributed by atoms with Crippen molar-refractivity contribution >= 4 is 0 Å². The molecule has 12 heavy (non-hydrogen) atoms. The van der Waals surface area contributed by atoms with Crippen molar-refractivity contribution in [2.45, 2.75) is 57.2 Å². The zero-order valence-electron chi connectivity index (χ0n) is 7.92. The Morgan fingerprint density at radius 2 is 2.08 bits per heavy atom. The van der Waals surface area contributed by atoms with Gasteiger partial charge in [-0.1, -0.05) is 12.8 Å². The molecule has 0 spiro atoms. The average Bonchev–Trinajstić information content (AvgIpc) is 2.68. The summed E-state index contributed by atoms with van der Waals surface area (Å²) in [7, 11) is 0.